The summed E-state index contributed by atoms with van der Waals surface area (Å²) >= 11 is 1.80. The molecule has 0 unspecified atom stereocenters. The summed E-state index contributed by atoms with van der Waals surface area (Å²) in [6.45, 7) is 0. The number of benzene rings is 1. The molecule has 0 aliphatic carbocycles. The van der Waals surface area contributed by atoms with Gasteiger partial charge in [0.1, 0.15) is 17.2 Å². The molecule has 0 spiro atoms. The summed E-state index contributed by atoms with van der Waals surface area (Å²) in [6.07, 6.45) is 1.26. The van der Waals surface area contributed by atoms with Crippen LogP contribution < -0.4 is 10.2 Å². The molecule has 1 aromatic heterocycles. The van der Waals surface area contributed by atoms with Crippen LogP contribution in [0.3, 0.4) is 0 Å². The van der Waals surface area contributed by atoms with Gasteiger partial charge in [0, 0.05) is 6.07 Å². The Balaban J connectivity index is 3.01. The molecular weight excluding hydrogens is 327 g/mol. The average molecular weight is 334 g/mol. The lowest BCUT2D eigenvalue weighted by Crippen LogP contribution is -2.05. The monoisotopic (exact) mass is 334 g/mol. The van der Waals surface area contributed by atoms with Crippen LogP contribution in [0.2, 0.25) is 0 Å². The highest BCUT2D eigenvalue weighted by Crippen LogP contribution is 2.40. The van der Waals surface area contributed by atoms with Crippen molar-refractivity contribution in [1.29, 1.82) is 0 Å². The van der Waals surface area contributed by atoms with Crippen LogP contribution in [0.4, 0.5) is 0 Å². The summed E-state index contributed by atoms with van der Waals surface area (Å²) in [4.78, 5) is 11.8. The zero-order valence-electron chi connectivity index (χ0n) is 8.15. The topological polar surface area (TPSA) is 79.9 Å². The molecule has 0 saturated carbocycles. The van der Waals surface area contributed by atoms with Crippen molar-refractivity contribution in [2.45, 2.75) is 0 Å². The maximum atomic E-state index is 11.8. The Labute approximate surface area is 103 Å². The van der Waals surface area contributed by atoms with Crippen molar-refractivity contribution in [1.82, 2.24) is 0 Å². The van der Waals surface area contributed by atoms with Crippen LogP contribution in [0.5, 0.6) is 17.2 Å². The second-order valence-electron chi connectivity index (χ2n) is 3.06. The fourth-order valence-corrected chi connectivity index (χ4v) is 1.81. The molecule has 0 bridgehead atoms. The summed E-state index contributed by atoms with van der Waals surface area (Å²) in [6, 6.07) is 1.23. The van der Waals surface area contributed by atoms with E-state index in [2.05, 4.69) is 0 Å². The number of hydrogen-bond donors (Lipinski definition) is 2. The van der Waals surface area contributed by atoms with Crippen LogP contribution in [-0.2, 0) is 0 Å². The Hall–Kier alpha value is -1.44. The van der Waals surface area contributed by atoms with Crippen molar-refractivity contribution in [3.8, 4) is 17.2 Å². The number of phenols is 2. The van der Waals surface area contributed by atoms with Crippen LogP contribution in [-0.4, -0.2) is 17.3 Å². The summed E-state index contributed by atoms with van der Waals surface area (Å²) in [5, 5.41) is 19.3. The van der Waals surface area contributed by atoms with E-state index in [1.54, 1.807) is 22.6 Å². The van der Waals surface area contributed by atoms with Gasteiger partial charge < -0.3 is 19.4 Å². The Morgan fingerprint density at radius 3 is 2.75 bits per heavy atom. The molecule has 84 valence electrons. The van der Waals surface area contributed by atoms with Gasteiger partial charge in [0.15, 0.2) is 11.5 Å². The molecule has 0 aliphatic rings. The van der Waals surface area contributed by atoms with Crippen LogP contribution in [0, 0.1) is 3.57 Å². The van der Waals surface area contributed by atoms with E-state index in [1.165, 1.54) is 19.4 Å². The maximum absolute atomic E-state index is 11.8. The molecule has 2 aromatic rings. The van der Waals surface area contributed by atoms with Crippen LogP contribution in [0.25, 0.3) is 11.0 Å². The number of fused-ring (bicyclic) bond motifs is 1. The molecular formula is C10H7IO5. The highest BCUT2D eigenvalue weighted by atomic mass is 127. The largest absolute Gasteiger partial charge is 0.504 e. The Bertz CT molecular complexity index is 617. The summed E-state index contributed by atoms with van der Waals surface area (Å²) in [5.41, 5.74) is -0.251. The van der Waals surface area contributed by atoms with E-state index in [0.29, 0.717) is 3.57 Å². The minimum Gasteiger partial charge on any atom is -0.504 e. The second-order valence-corrected chi connectivity index (χ2v) is 4.23. The smallest absolute Gasteiger partial charge is 0.209 e. The van der Waals surface area contributed by atoms with Crippen LogP contribution >= 0.6 is 22.6 Å². The molecule has 0 atom stereocenters. The van der Waals surface area contributed by atoms with E-state index in [0.717, 1.165) is 0 Å². The molecule has 1 heterocycles. The first-order valence-corrected chi connectivity index (χ1v) is 5.34. The fourth-order valence-electron chi connectivity index (χ4n) is 1.42. The molecule has 6 heteroatoms. The zero-order chi connectivity index (χ0) is 11.9. The summed E-state index contributed by atoms with van der Waals surface area (Å²) < 4.78 is 10.2. The van der Waals surface area contributed by atoms with Gasteiger partial charge in [-0.05, 0) is 22.6 Å². The molecule has 5 nitrogen and oxygen atoms in total. The van der Waals surface area contributed by atoms with Gasteiger partial charge in [-0.3, -0.25) is 4.79 Å². The third-order valence-electron chi connectivity index (χ3n) is 2.14. The molecule has 0 fully saturated rings. The SMILES string of the molecule is COc1c(O)cc2occ(I)c(=O)c2c1O. The first kappa shape index (κ1) is 11.1. The van der Waals surface area contributed by atoms with Gasteiger partial charge in [-0.25, -0.2) is 0 Å². The molecule has 0 aliphatic heterocycles. The van der Waals surface area contributed by atoms with E-state index in [9.17, 15) is 15.0 Å². The fraction of sp³-hybridized carbons (Fsp3) is 0.100. The van der Waals surface area contributed by atoms with E-state index in [1.807, 2.05) is 0 Å². The molecule has 1 aromatic carbocycles. The van der Waals surface area contributed by atoms with Crippen molar-refractivity contribution < 1.29 is 19.4 Å². The number of methoxy groups -OCH3 is 1. The number of ether oxygens (including phenoxy) is 1. The van der Waals surface area contributed by atoms with Gasteiger partial charge in [-0.15, -0.1) is 0 Å². The van der Waals surface area contributed by atoms with Gasteiger partial charge in [0.2, 0.25) is 11.2 Å². The van der Waals surface area contributed by atoms with Crippen LogP contribution in [0.15, 0.2) is 21.5 Å². The number of phenolic OH excluding ortho intramolecular Hbond substituents is 2. The number of hydrogen-bond acceptors (Lipinski definition) is 5. The van der Waals surface area contributed by atoms with Crippen LogP contribution in [0.1, 0.15) is 0 Å². The second kappa shape index (κ2) is 3.85. The van der Waals surface area contributed by atoms with Gasteiger partial charge in [-0.2, -0.15) is 0 Å². The van der Waals surface area contributed by atoms with Gasteiger partial charge in [0.05, 0.1) is 10.7 Å². The highest BCUT2D eigenvalue weighted by molar-refractivity contribution is 14.1. The third-order valence-corrected chi connectivity index (χ3v) is 2.88. The van der Waals surface area contributed by atoms with E-state index in [-0.39, 0.29) is 27.9 Å². The first-order chi connectivity index (χ1) is 7.56. The number of halogens is 1. The molecule has 16 heavy (non-hydrogen) atoms. The summed E-state index contributed by atoms with van der Waals surface area (Å²) in [7, 11) is 1.29. The minimum atomic E-state index is -0.412. The molecule has 2 N–H and O–H groups in total. The van der Waals surface area contributed by atoms with Crippen molar-refractivity contribution >= 4 is 33.6 Å². The van der Waals surface area contributed by atoms with Crippen molar-refractivity contribution in [2.75, 3.05) is 7.11 Å². The van der Waals surface area contributed by atoms with Crippen molar-refractivity contribution in [3.63, 3.8) is 0 Å². The lowest BCUT2D eigenvalue weighted by atomic mass is 10.2. The molecule has 0 amide bonds. The Kier molecular flexibility index (Phi) is 2.66. The van der Waals surface area contributed by atoms with Crippen molar-refractivity contribution in [2.24, 2.45) is 0 Å². The zero-order valence-corrected chi connectivity index (χ0v) is 10.3. The van der Waals surface area contributed by atoms with E-state index < -0.39 is 5.75 Å². The average Bonchev–Trinajstić information content (AvgIpc) is 2.24. The van der Waals surface area contributed by atoms with E-state index >= 15 is 0 Å². The lowest BCUT2D eigenvalue weighted by Gasteiger charge is -2.07. The van der Waals surface area contributed by atoms with Gasteiger partial charge in [-0.1, -0.05) is 0 Å². The Morgan fingerprint density at radius 1 is 1.44 bits per heavy atom. The molecule has 0 saturated heterocycles. The number of aromatic hydroxyl groups is 2. The predicted molar refractivity (Wildman–Crippen MR) is 65.1 cm³/mol. The maximum Gasteiger partial charge on any atom is 0.209 e. The molecule has 2 rings (SSSR count). The normalized spacial score (nSPS) is 10.6. The van der Waals surface area contributed by atoms with Gasteiger partial charge in [0.25, 0.3) is 0 Å². The highest BCUT2D eigenvalue weighted by Gasteiger charge is 2.17. The molecule has 0 radical (unpaired) electrons. The minimum absolute atomic E-state index is 0.00144. The van der Waals surface area contributed by atoms with Crippen molar-refractivity contribution in [3.05, 3.63) is 26.1 Å². The standard InChI is InChI=1S/C10H7IO5/c1-15-10-5(12)2-6-7(9(10)14)8(13)4(11)3-16-6/h2-3,12,14H,1H3. The van der Waals surface area contributed by atoms with E-state index in [4.69, 9.17) is 9.15 Å². The summed E-state index contributed by atoms with van der Waals surface area (Å²) in [5.74, 6) is -0.830. The Morgan fingerprint density at radius 2 is 2.12 bits per heavy atom. The third kappa shape index (κ3) is 1.49. The lowest BCUT2D eigenvalue weighted by molar-refractivity contribution is 0.346. The number of rotatable bonds is 1. The first-order valence-electron chi connectivity index (χ1n) is 4.26. The quantitative estimate of drug-likeness (QED) is 0.778. The predicted octanol–water partition coefficient (Wildman–Crippen LogP) is 1.82. The van der Waals surface area contributed by atoms with Gasteiger partial charge >= 0.3 is 0 Å².